The first-order valence-electron chi connectivity index (χ1n) is 17.6. The van der Waals surface area contributed by atoms with Crippen LogP contribution in [0.2, 0.25) is 0 Å². The van der Waals surface area contributed by atoms with Gasteiger partial charge in [-0.15, -0.1) is 0 Å². The van der Waals surface area contributed by atoms with Crippen molar-refractivity contribution in [3.8, 4) is 89.5 Å². The summed E-state index contributed by atoms with van der Waals surface area (Å²) in [7, 11) is 0. The van der Waals surface area contributed by atoms with E-state index in [-0.39, 0.29) is 0 Å². The molecule has 52 heavy (non-hydrogen) atoms. The standard InChI is InChI=1S/C49H31N3/c1-2-9-32(10-3-1)33-18-24-36(25-19-33)49-51-46(30-47(52-49)38-12-6-11-37(29-38)39-13-8-28-50-31-39)35-22-20-34(21-23-35)40-26-27-45-42-15-5-4-14-41(42)44-17-7-16-43(40)48(44)45/h1-31H. The third-order valence-electron chi connectivity index (χ3n) is 10.2. The molecule has 0 saturated carbocycles. The molecule has 242 valence electrons. The lowest BCUT2D eigenvalue weighted by atomic mass is 9.93. The number of benzene rings is 7. The Kier molecular flexibility index (Phi) is 7.14. The number of hydrogen-bond donors (Lipinski definition) is 0. The molecule has 1 aliphatic rings. The van der Waals surface area contributed by atoms with Crippen LogP contribution in [0.1, 0.15) is 0 Å². The topological polar surface area (TPSA) is 38.7 Å². The van der Waals surface area contributed by atoms with Crippen LogP contribution in [0.3, 0.4) is 0 Å². The molecular weight excluding hydrogens is 631 g/mol. The lowest BCUT2D eigenvalue weighted by molar-refractivity contribution is 1.18. The summed E-state index contributed by atoms with van der Waals surface area (Å²) in [5, 5.41) is 2.61. The minimum atomic E-state index is 0.690. The second kappa shape index (κ2) is 12.4. The molecule has 7 aromatic carbocycles. The van der Waals surface area contributed by atoms with Crippen molar-refractivity contribution in [2.24, 2.45) is 0 Å². The highest BCUT2D eigenvalue weighted by molar-refractivity contribution is 6.18. The van der Waals surface area contributed by atoms with E-state index in [2.05, 4.69) is 169 Å². The normalized spacial score (nSPS) is 11.5. The van der Waals surface area contributed by atoms with Gasteiger partial charge in [0, 0.05) is 34.6 Å². The Labute approximate surface area is 302 Å². The maximum atomic E-state index is 5.17. The van der Waals surface area contributed by atoms with Gasteiger partial charge in [-0.3, -0.25) is 4.98 Å². The second-order valence-corrected chi connectivity index (χ2v) is 13.2. The molecule has 0 aliphatic heterocycles. The van der Waals surface area contributed by atoms with Crippen molar-refractivity contribution in [3.63, 3.8) is 0 Å². The van der Waals surface area contributed by atoms with Gasteiger partial charge >= 0.3 is 0 Å². The Morgan fingerprint density at radius 1 is 0.308 bits per heavy atom. The molecule has 3 heteroatoms. The predicted molar refractivity (Wildman–Crippen MR) is 214 cm³/mol. The summed E-state index contributed by atoms with van der Waals surface area (Å²) in [5.74, 6) is 0.690. The predicted octanol–water partition coefficient (Wildman–Crippen LogP) is 12.7. The molecular formula is C49H31N3. The van der Waals surface area contributed by atoms with Crippen LogP contribution in [-0.4, -0.2) is 15.0 Å². The molecule has 9 aromatic rings. The first-order chi connectivity index (χ1) is 25.8. The molecule has 0 atom stereocenters. The molecule has 1 aliphatic carbocycles. The number of aromatic nitrogens is 3. The van der Waals surface area contributed by atoms with Gasteiger partial charge in [-0.1, -0.05) is 158 Å². The summed E-state index contributed by atoms with van der Waals surface area (Å²) in [6.07, 6.45) is 3.70. The SMILES string of the molecule is c1ccc(-c2ccc(-c3nc(-c4ccc(-c5ccc6c7c(cccc57)-c5ccccc5-6)cc4)cc(-c4cccc(-c5cccnc5)c4)n3)cc2)cc1. The first-order valence-corrected chi connectivity index (χ1v) is 17.6. The summed E-state index contributed by atoms with van der Waals surface area (Å²) < 4.78 is 0. The van der Waals surface area contributed by atoms with Crippen molar-refractivity contribution >= 4 is 10.8 Å². The zero-order valence-electron chi connectivity index (χ0n) is 28.2. The van der Waals surface area contributed by atoms with Crippen molar-refractivity contribution in [1.82, 2.24) is 15.0 Å². The largest absolute Gasteiger partial charge is 0.264 e. The van der Waals surface area contributed by atoms with E-state index in [1.54, 1.807) is 6.20 Å². The van der Waals surface area contributed by atoms with E-state index >= 15 is 0 Å². The minimum Gasteiger partial charge on any atom is -0.264 e. The lowest BCUT2D eigenvalue weighted by Gasteiger charge is -2.12. The van der Waals surface area contributed by atoms with Crippen LogP contribution in [0.4, 0.5) is 0 Å². The summed E-state index contributed by atoms with van der Waals surface area (Å²) in [6, 6.07) is 62.4. The van der Waals surface area contributed by atoms with Crippen molar-refractivity contribution in [3.05, 3.63) is 188 Å². The second-order valence-electron chi connectivity index (χ2n) is 13.2. The monoisotopic (exact) mass is 661 g/mol. The molecule has 0 saturated heterocycles. The molecule has 2 aromatic heterocycles. The average molecular weight is 662 g/mol. The molecule has 0 spiro atoms. The van der Waals surface area contributed by atoms with E-state index in [0.717, 1.165) is 44.8 Å². The lowest BCUT2D eigenvalue weighted by Crippen LogP contribution is -1.96. The zero-order chi connectivity index (χ0) is 34.4. The average Bonchev–Trinajstić information content (AvgIpc) is 3.56. The Hall–Kier alpha value is -6.97. The fourth-order valence-corrected chi connectivity index (χ4v) is 7.59. The van der Waals surface area contributed by atoms with Crippen LogP contribution in [-0.2, 0) is 0 Å². The summed E-state index contributed by atoms with van der Waals surface area (Å²) >= 11 is 0. The minimum absolute atomic E-state index is 0.690. The molecule has 0 unspecified atom stereocenters. The Morgan fingerprint density at radius 2 is 0.865 bits per heavy atom. The number of nitrogens with zero attached hydrogens (tertiary/aromatic N) is 3. The van der Waals surface area contributed by atoms with Gasteiger partial charge < -0.3 is 0 Å². The van der Waals surface area contributed by atoms with E-state index < -0.39 is 0 Å². The summed E-state index contributed by atoms with van der Waals surface area (Å²) in [4.78, 5) is 14.7. The van der Waals surface area contributed by atoms with Crippen LogP contribution >= 0.6 is 0 Å². The molecule has 0 bridgehead atoms. The smallest absolute Gasteiger partial charge is 0.160 e. The van der Waals surface area contributed by atoms with Gasteiger partial charge in [-0.25, -0.2) is 9.97 Å². The van der Waals surface area contributed by atoms with E-state index in [9.17, 15) is 0 Å². The third-order valence-corrected chi connectivity index (χ3v) is 10.2. The maximum absolute atomic E-state index is 5.17. The first kappa shape index (κ1) is 29.9. The van der Waals surface area contributed by atoms with Gasteiger partial charge in [0.05, 0.1) is 11.4 Å². The molecule has 2 heterocycles. The van der Waals surface area contributed by atoms with Crippen LogP contribution in [0.5, 0.6) is 0 Å². The molecule has 3 nitrogen and oxygen atoms in total. The van der Waals surface area contributed by atoms with E-state index in [1.807, 2.05) is 18.3 Å². The summed E-state index contributed by atoms with van der Waals surface area (Å²) in [5.41, 5.74) is 16.9. The van der Waals surface area contributed by atoms with Gasteiger partial charge in [-0.05, 0) is 79.0 Å². The number of pyridine rings is 1. The molecule has 10 rings (SSSR count). The maximum Gasteiger partial charge on any atom is 0.160 e. The van der Waals surface area contributed by atoms with Crippen molar-refractivity contribution in [2.75, 3.05) is 0 Å². The van der Waals surface area contributed by atoms with Crippen LogP contribution in [0, 0.1) is 0 Å². The van der Waals surface area contributed by atoms with Crippen LogP contribution in [0.15, 0.2) is 188 Å². The van der Waals surface area contributed by atoms with E-state index in [4.69, 9.17) is 9.97 Å². The number of hydrogen-bond acceptors (Lipinski definition) is 3. The van der Waals surface area contributed by atoms with Gasteiger partial charge in [0.25, 0.3) is 0 Å². The highest BCUT2D eigenvalue weighted by atomic mass is 14.9. The fourth-order valence-electron chi connectivity index (χ4n) is 7.59. The molecule has 0 fully saturated rings. The number of rotatable bonds is 6. The zero-order valence-corrected chi connectivity index (χ0v) is 28.2. The van der Waals surface area contributed by atoms with Gasteiger partial charge in [0.2, 0.25) is 0 Å². The third kappa shape index (κ3) is 5.19. The van der Waals surface area contributed by atoms with E-state index in [0.29, 0.717) is 5.82 Å². The van der Waals surface area contributed by atoms with Crippen molar-refractivity contribution in [1.29, 1.82) is 0 Å². The molecule has 0 radical (unpaired) electrons. The van der Waals surface area contributed by atoms with Crippen molar-refractivity contribution in [2.45, 2.75) is 0 Å². The van der Waals surface area contributed by atoms with Crippen LogP contribution < -0.4 is 0 Å². The Morgan fingerprint density at radius 3 is 1.63 bits per heavy atom. The van der Waals surface area contributed by atoms with Crippen molar-refractivity contribution < 1.29 is 0 Å². The van der Waals surface area contributed by atoms with Crippen LogP contribution in [0.25, 0.3) is 100 Å². The Balaban J connectivity index is 1.06. The highest BCUT2D eigenvalue weighted by Crippen LogP contribution is 2.49. The van der Waals surface area contributed by atoms with Gasteiger partial charge in [0.1, 0.15) is 0 Å². The summed E-state index contributed by atoms with van der Waals surface area (Å²) in [6.45, 7) is 0. The van der Waals surface area contributed by atoms with Gasteiger partial charge in [-0.2, -0.15) is 0 Å². The Bertz CT molecular complexity index is 2720. The fraction of sp³-hybridized carbons (Fsp3) is 0. The molecule has 0 amide bonds. The van der Waals surface area contributed by atoms with Gasteiger partial charge in [0.15, 0.2) is 5.82 Å². The van der Waals surface area contributed by atoms with E-state index in [1.165, 1.54) is 49.7 Å². The molecule has 0 N–H and O–H groups in total. The quantitative estimate of drug-likeness (QED) is 0.178. The highest BCUT2D eigenvalue weighted by Gasteiger charge is 2.22. The number of fused-ring (bicyclic) bond motifs is 3.